The summed E-state index contributed by atoms with van der Waals surface area (Å²) in [5, 5.41) is 0. The molecule has 0 atom stereocenters. The minimum Gasteiger partial charge on any atom is -0.494 e. The molecule has 1 heterocycles. The van der Waals surface area contributed by atoms with Gasteiger partial charge in [-0.05, 0) is 24.1 Å². The number of benzene rings is 1. The number of ether oxygens (including phenoxy) is 1. The second-order valence-corrected chi connectivity index (χ2v) is 5.14. The minimum absolute atomic E-state index is 0.203. The molecule has 0 saturated carbocycles. The highest BCUT2D eigenvalue weighted by Crippen LogP contribution is 2.12. The van der Waals surface area contributed by atoms with Crippen LogP contribution in [0.15, 0.2) is 24.3 Å². The van der Waals surface area contributed by atoms with Crippen molar-refractivity contribution >= 4 is 5.91 Å². The van der Waals surface area contributed by atoms with Gasteiger partial charge in [-0.3, -0.25) is 9.69 Å². The average Bonchev–Trinajstić information content (AvgIpc) is 2.48. The molecule has 0 aromatic heterocycles. The Kier molecular flexibility index (Phi) is 5.38. The SMILES string of the molecule is CN1CCN(CCCOc2ccc(CN)cc2)CC1=O. The molecule has 1 amide bonds. The maximum atomic E-state index is 11.6. The molecule has 1 fully saturated rings. The Hall–Kier alpha value is -1.59. The molecule has 0 unspecified atom stereocenters. The minimum atomic E-state index is 0.203. The van der Waals surface area contributed by atoms with Crippen LogP contribution in [0.2, 0.25) is 0 Å². The zero-order chi connectivity index (χ0) is 14.4. The summed E-state index contributed by atoms with van der Waals surface area (Å²) in [5.74, 6) is 1.08. The quantitative estimate of drug-likeness (QED) is 0.777. The second-order valence-electron chi connectivity index (χ2n) is 5.14. The predicted octanol–water partition coefficient (Wildman–Crippen LogP) is 0.688. The van der Waals surface area contributed by atoms with Gasteiger partial charge in [0.1, 0.15) is 5.75 Å². The third-order valence-electron chi connectivity index (χ3n) is 3.58. The fourth-order valence-electron chi connectivity index (χ4n) is 2.20. The van der Waals surface area contributed by atoms with Gasteiger partial charge in [-0.1, -0.05) is 12.1 Å². The number of hydrogen-bond donors (Lipinski definition) is 1. The van der Waals surface area contributed by atoms with Crippen LogP contribution >= 0.6 is 0 Å². The molecule has 2 N–H and O–H groups in total. The first kappa shape index (κ1) is 14.8. The van der Waals surface area contributed by atoms with E-state index in [-0.39, 0.29) is 5.91 Å². The third-order valence-corrected chi connectivity index (χ3v) is 3.58. The Bertz CT molecular complexity index is 433. The van der Waals surface area contributed by atoms with E-state index < -0.39 is 0 Å². The van der Waals surface area contributed by atoms with E-state index in [2.05, 4.69) is 4.90 Å². The maximum absolute atomic E-state index is 11.6. The normalized spacial score (nSPS) is 16.5. The van der Waals surface area contributed by atoms with Crippen molar-refractivity contribution in [2.75, 3.05) is 39.8 Å². The fraction of sp³-hybridized carbons (Fsp3) is 0.533. The van der Waals surface area contributed by atoms with Gasteiger partial charge in [0.15, 0.2) is 0 Å². The predicted molar refractivity (Wildman–Crippen MR) is 78.5 cm³/mol. The van der Waals surface area contributed by atoms with Crippen LogP contribution in [0.5, 0.6) is 5.75 Å². The number of amides is 1. The van der Waals surface area contributed by atoms with Gasteiger partial charge in [-0.25, -0.2) is 0 Å². The maximum Gasteiger partial charge on any atom is 0.236 e. The molecule has 0 aliphatic carbocycles. The van der Waals surface area contributed by atoms with Gasteiger partial charge < -0.3 is 15.4 Å². The van der Waals surface area contributed by atoms with Gasteiger partial charge in [0, 0.05) is 33.2 Å². The fourth-order valence-corrected chi connectivity index (χ4v) is 2.20. The number of nitrogens with two attached hydrogens (primary N) is 1. The molecule has 1 aromatic rings. The number of nitrogens with zero attached hydrogens (tertiary/aromatic N) is 2. The molecule has 0 radical (unpaired) electrons. The highest BCUT2D eigenvalue weighted by atomic mass is 16.5. The highest BCUT2D eigenvalue weighted by molar-refractivity contribution is 5.78. The molecule has 1 aliphatic rings. The lowest BCUT2D eigenvalue weighted by Crippen LogP contribution is -2.48. The topological polar surface area (TPSA) is 58.8 Å². The second kappa shape index (κ2) is 7.26. The number of carbonyl (C=O) groups is 1. The van der Waals surface area contributed by atoms with E-state index in [1.54, 1.807) is 4.90 Å². The zero-order valence-corrected chi connectivity index (χ0v) is 12.0. The summed E-state index contributed by atoms with van der Waals surface area (Å²) in [4.78, 5) is 15.5. The summed E-state index contributed by atoms with van der Waals surface area (Å²) in [5.41, 5.74) is 6.65. The Morgan fingerprint density at radius 2 is 2.00 bits per heavy atom. The number of hydrogen-bond acceptors (Lipinski definition) is 4. The number of piperazine rings is 1. The molecule has 0 spiro atoms. The number of likely N-dealkylation sites (N-methyl/N-ethyl adjacent to an activating group) is 1. The molecule has 1 saturated heterocycles. The lowest BCUT2D eigenvalue weighted by atomic mass is 10.2. The van der Waals surface area contributed by atoms with E-state index in [1.807, 2.05) is 31.3 Å². The van der Waals surface area contributed by atoms with Crippen molar-refractivity contribution < 1.29 is 9.53 Å². The smallest absolute Gasteiger partial charge is 0.236 e. The molecule has 5 nitrogen and oxygen atoms in total. The summed E-state index contributed by atoms with van der Waals surface area (Å²) in [7, 11) is 1.85. The van der Waals surface area contributed by atoms with Crippen LogP contribution in [-0.4, -0.2) is 55.5 Å². The first-order valence-corrected chi connectivity index (χ1v) is 7.07. The molecule has 1 aromatic carbocycles. The van der Waals surface area contributed by atoms with E-state index >= 15 is 0 Å². The summed E-state index contributed by atoms with van der Waals surface area (Å²) < 4.78 is 5.68. The van der Waals surface area contributed by atoms with Gasteiger partial charge in [0.25, 0.3) is 0 Å². The van der Waals surface area contributed by atoms with Crippen LogP contribution < -0.4 is 10.5 Å². The van der Waals surface area contributed by atoms with Crippen LogP contribution in [0.25, 0.3) is 0 Å². The van der Waals surface area contributed by atoms with Crippen molar-refractivity contribution in [1.82, 2.24) is 9.80 Å². The monoisotopic (exact) mass is 277 g/mol. The highest BCUT2D eigenvalue weighted by Gasteiger charge is 2.19. The lowest BCUT2D eigenvalue weighted by Gasteiger charge is -2.31. The van der Waals surface area contributed by atoms with Crippen molar-refractivity contribution in [1.29, 1.82) is 0 Å². The van der Waals surface area contributed by atoms with E-state index in [1.165, 1.54) is 0 Å². The van der Waals surface area contributed by atoms with Crippen LogP contribution in [0.4, 0.5) is 0 Å². The van der Waals surface area contributed by atoms with Gasteiger partial charge in [0.2, 0.25) is 5.91 Å². The standard InChI is InChI=1S/C15H23N3O2/c1-17-8-9-18(12-15(17)19)7-2-10-20-14-5-3-13(11-16)4-6-14/h3-6H,2,7-12,16H2,1H3. The van der Waals surface area contributed by atoms with Crippen LogP contribution in [-0.2, 0) is 11.3 Å². The van der Waals surface area contributed by atoms with Gasteiger partial charge in [0.05, 0.1) is 13.2 Å². The van der Waals surface area contributed by atoms with Crippen LogP contribution in [0.3, 0.4) is 0 Å². The van der Waals surface area contributed by atoms with Gasteiger partial charge >= 0.3 is 0 Å². The molecule has 2 rings (SSSR count). The Balaban J connectivity index is 1.65. The van der Waals surface area contributed by atoms with Gasteiger partial charge in [-0.2, -0.15) is 0 Å². The van der Waals surface area contributed by atoms with Crippen LogP contribution in [0.1, 0.15) is 12.0 Å². The number of carbonyl (C=O) groups excluding carboxylic acids is 1. The summed E-state index contributed by atoms with van der Waals surface area (Å²) >= 11 is 0. The Morgan fingerprint density at radius 3 is 2.65 bits per heavy atom. The first-order valence-electron chi connectivity index (χ1n) is 7.07. The molecule has 20 heavy (non-hydrogen) atoms. The molecule has 0 bridgehead atoms. The molecule has 5 heteroatoms. The molecular formula is C15H23N3O2. The van der Waals surface area contributed by atoms with Crippen molar-refractivity contribution in [2.24, 2.45) is 5.73 Å². The zero-order valence-electron chi connectivity index (χ0n) is 12.0. The van der Waals surface area contributed by atoms with Crippen molar-refractivity contribution in [3.63, 3.8) is 0 Å². The number of rotatable bonds is 6. The van der Waals surface area contributed by atoms with Crippen molar-refractivity contribution in [2.45, 2.75) is 13.0 Å². The van der Waals surface area contributed by atoms with Crippen molar-refractivity contribution in [3.05, 3.63) is 29.8 Å². The Morgan fingerprint density at radius 1 is 1.25 bits per heavy atom. The van der Waals surface area contributed by atoms with E-state index in [0.717, 1.165) is 37.4 Å². The molecule has 110 valence electrons. The summed E-state index contributed by atoms with van der Waals surface area (Å²) in [6, 6.07) is 7.85. The summed E-state index contributed by atoms with van der Waals surface area (Å²) in [6.07, 6.45) is 0.926. The molecule has 1 aliphatic heterocycles. The van der Waals surface area contributed by atoms with E-state index in [0.29, 0.717) is 19.7 Å². The first-order chi connectivity index (χ1) is 9.69. The lowest BCUT2D eigenvalue weighted by molar-refractivity contribution is -0.134. The summed E-state index contributed by atoms with van der Waals surface area (Å²) in [6.45, 7) is 4.43. The average molecular weight is 277 g/mol. The third kappa shape index (κ3) is 4.21. The molecular weight excluding hydrogens is 254 g/mol. The van der Waals surface area contributed by atoms with Gasteiger partial charge in [-0.15, -0.1) is 0 Å². The van der Waals surface area contributed by atoms with Crippen LogP contribution in [0, 0.1) is 0 Å². The largest absolute Gasteiger partial charge is 0.494 e. The van der Waals surface area contributed by atoms with E-state index in [4.69, 9.17) is 10.5 Å². The van der Waals surface area contributed by atoms with E-state index in [9.17, 15) is 4.79 Å². The Labute approximate surface area is 120 Å². The van der Waals surface area contributed by atoms with Crippen molar-refractivity contribution in [3.8, 4) is 5.75 Å².